The lowest BCUT2D eigenvalue weighted by atomic mass is 10.0. The minimum Gasteiger partial charge on any atom is -0.449 e. The zero-order chi connectivity index (χ0) is 18.0. The smallest absolute Gasteiger partial charge is 0.341 e. The average Bonchev–Trinajstić information content (AvgIpc) is 2.60. The van der Waals surface area contributed by atoms with Crippen molar-refractivity contribution < 1.29 is 18.7 Å². The van der Waals surface area contributed by atoms with Crippen molar-refractivity contribution in [1.29, 1.82) is 0 Å². The van der Waals surface area contributed by atoms with Crippen LogP contribution in [0.3, 0.4) is 0 Å². The van der Waals surface area contributed by atoms with Crippen LogP contribution in [0.15, 0.2) is 42.5 Å². The van der Waals surface area contributed by atoms with E-state index in [1.54, 1.807) is 4.90 Å². The number of esters is 1. The van der Waals surface area contributed by atoms with Crippen molar-refractivity contribution in [3.05, 3.63) is 59.4 Å². The lowest BCUT2D eigenvalue weighted by Crippen LogP contribution is -2.42. The maximum Gasteiger partial charge on any atom is 0.341 e. The molecule has 1 atom stereocenters. The number of aryl methyl sites for hydroxylation is 1. The normalized spacial score (nSPS) is 14.6. The quantitative estimate of drug-likeness (QED) is 0.688. The molecule has 0 fully saturated rings. The van der Waals surface area contributed by atoms with Gasteiger partial charge in [-0.25, -0.2) is 9.18 Å². The summed E-state index contributed by atoms with van der Waals surface area (Å²) < 4.78 is 18.3. The van der Waals surface area contributed by atoms with Gasteiger partial charge >= 0.3 is 5.97 Å². The summed E-state index contributed by atoms with van der Waals surface area (Å²) in [5, 5.41) is 0. The Morgan fingerprint density at radius 2 is 2.00 bits per heavy atom. The first kappa shape index (κ1) is 17.0. The van der Waals surface area contributed by atoms with Crippen LogP contribution in [0, 0.1) is 5.82 Å². The average molecular weight is 342 g/mol. The van der Waals surface area contributed by atoms with Crippen molar-refractivity contribution in [1.82, 2.24) is 0 Å². The maximum absolute atomic E-state index is 13.1. The number of ether oxygens (including phenoxy) is 1. The number of benzene rings is 2. The number of nitrogens with two attached hydrogens (primary N) is 1. The molecule has 1 aliphatic heterocycles. The Kier molecular flexibility index (Phi) is 4.70. The molecule has 1 aliphatic rings. The number of anilines is 2. The molecule has 6 heteroatoms. The van der Waals surface area contributed by atoms with Gasteiger partial charge in [-0.2, -0.15) is 0 Å². The predicted octanol–water partition coefficient (Wildman–Crippen LogP) is 2.93. The standard InChI is InChI=1S/C19H19FN2O3/c1-12(25-19(24)15-9-8-14(20)11-16(15)21)18(23)22-10-4-6-13-5-2-3-7-17(13)22/h2-3,5,7-9,11-12H,4,6,10,21H2,1H3/t12-/m0/s1. The van der Waals surface area contributed by atoms with E-state index in [-0.39, 0.29) is 17.2 Å². The van der Waals surface area contributed by atoms with Gasteiger partial charge in [-0.1, -0.05) is 18.2 Å². The summed E-state index contributed by atoms with van der Waals surface area (Å²) in [5.74, 6) is -1.58. The Morgan fingerprint density at radius 3 is 2.76 bits per heavy atom. The maximum atomic E-state index is 13.1. The van der Waals surface area contributed by atoms with Crippen molar-refractivity contribution in [2.45, 2.75) is 25.9 Å². The minimum atomic E-state index is -0.969. The van der Waals surface area contributed by atoms with Crippen LogP contribution in [-0.4, -0.2) is 24.5 Å². The molecular formula is C19H19FN2O3. The number of nitrogen functional groups attached to an aromatic ring is 1. The van der Waals surface area contributed by atoms with Gasteiger partial charge < -0.3 is 15.4 Å². The summed E-state index contributed by atoms with van der Waals surface area (Å²) in [6.45, 7) is 2.10. The first-order valence-electron chi connectivity index (χ1n) is 8.12. The number of hydrogen-bond acceptors (Lipinski definition) is 4. The van der Waals surface area contributed by atoms with Crippen LogP contribution in [-0.2, 0) is 16.0 Å². The molecule has 130 valence electrons. The SMILES string of the molecule is C[C@H](OC(=O)c1ccc(F)cc1N)C(=O)N1CCCc2ccccc21. The van der Waals surface area contributed by atoms with Gasteiger partial charge in [0.25, 0.3) is 5.91 Å². The van der Waals surface area contributed by atoms with E-state index in [1.807, 2.05) is 24.3 Å². The van der Waals surface area contributed by atoms with E-state index in [4.69, 9.17) is 10.5 Å². The van der Waals surface area contributed by atoms with Gasteiger partial charge in [-0.05, 0) is 49.6 Å². The van der Waals surface area contributed by atoms with Crippen molar-refractivity contribution in [2.24, 2.45) is 0 Å². The molecule has 2 aromatic carbocycles. The molecule has 5 nitrogen and oxygen atoms in total. The van der Waals surface area contributed by atoms with Crippen LogP contribution in [0.25, 0.3) is 0 Å². The van der Waals surface area contributed by atoms with E-state index in [9.17, 15) is 14.0 Å². The number of halogens is 1. The van der Waals surface area contributed by atoms with E-state index in [0.717, 1.165) is 36.2 Å². The second-order valence-corrected chi connectivity index (χ2v) is 6.00. The molecule has 0 aromatic heterocycles. The molecule has 0 radical (unpaired) electrons. The van der Waals surface area contributed by atoms with Crippen molar-refractivity contribution >= 4 is 23.3 Å². The van der Waals surface area contributed by atoms with Gasteiger partial charge in [0.2, 0.25) is 0 Å². The van der Waals surface area contributed by atoms with Gasteiger partial charge in [-0.3, -0.25) is 4.79 Å². The van der Waals surface area contributed by atoms with Crippen molar-refractivity contribution in [3.8, 4) is 0 Å². The first-order valence-corrected chi connectivity index (χ1v) is 8.12. The fourth-order valence-electron chi connectivity index (χ4n) is 2.98. The van der Waals surface area contributed by atoms with Crippen LogP contribution in [0.2, 0.25) is 0 Å². The highest BCUT2D eigenvalue weighted by atomic mass is 19.1. The molecule has 0 spiro atoms. The summed E-state index contributed by atoms with van der Waals surface area (Å²) in [5.41, 5.74) is 7.62. The zero-order valence-corrected chi connectivity index (χ0v) is 13.9. The highest BCUT2D eigenvalue weighted by Gasteiger charge is 2.29. The Labute approximate surface area is 145 Å². The van der Waals surface area contributed by atoms with Gasteiger partial charge in [0.05, 0.1) is 5.56 Å². The minimum absolute atomic E-state index is 0.0204. The van der Waals surface area contributed by atoms with Gasteiger partial charge in [0, 0.05) is 17.9 Å². The highest BCUT2D eigenvalue weighted by Crippen LogP contribution is 2.27. The van der Waals surface area contributed by atoms with Crippen LogP contribution in [0.4, 0.5) is 15.8 Å². The second kappa shape index (κ2) is 6.93. The molecule has 0 aliphatic carbocycles. The lowest BCUT2D eigenvalue weighted by Gasteiger charge is -2.31. The van der Waals surface area contributed by atoms with Gasteiger partial charge in [-0.15, -0.1) is 0 Å². The van der Waals surface area contributed by atoms with Crippen molar-refractivity contribution in [3.63, 3.8) is 0 Å². The molecule has 0 saturated carbocycles. The molecular weight excluding hydrogens is 323 g/mol. The summed E-state index contributed by atoms with van der Waals surface area (Å²) in [7, 11) is 0. The molecule has 1 amide bonds. The number of nitrogens with zero attached hydrogens (tertiary/aromatic N) is 1. The molecule has 0 saturated heterocycles. The van der Waals surface area contributed by atoms with E-state index in [2.05, 4.69) is 0 Å². The number of carbonyl (C=O) groups excluding carboxylic acids is 2. The third-order valence-electron chi connectivity index (χ3n) is 4.24. The van der Waals surface area contributed by atoms with Crippen LogP contribution < -0.4 is 10.6 Å². The zero-order valence-electron chi connectivity index (χ0n) is 13.9. The van der Waals surface area contributed by atoms with E-state index in [1.165, 1.54) is 13.0 Å². The fourth-order valence-corrected chi connectivity index (χ4v) is 2.98. The highest BCUT2D eigenvalue weighted by molar-refractivity contribution is 6.01. The Morgan fingerprint density at radius 1 is 1.24 bits per heavy atom. The van der Waals surface area contributed by atoms with E-state index < -0.39 is 17.9 Å². The number of rotatable bonds is 3. The van der Waals surface area contributed by atoms with Crippen LogP contribution >= 0.6 is 0 Å². The summed E-state index contributed by atoms with van der Waals surface area (Å²) in [6.07, 6.45) is 0.803. The lowest BCUT2D eigenvalue weighted by molar-refractivity contribution is -0.126. The third-order valence-corrected chi connectivity index (χ3v) is 4.24. The summed E-state index contributed by atoms with van der Waals surface area (Å²) in [6, 6.07) is 11.1. The molecule has 1 heterocycles. The number of para-hydroxylation sites is 1. The number of hydrogen-bond donors (Lipinski definition) is 1. The van der Waals surface area contributed by atoms with Gasteiger partial charge in [0.15, 0.2) is 6.10 Å². The second-order valence-electron chi connectivity index (χ2n) is 6.00. The summed E-state index contributed by atoms with van der Waals surface area (Å²) in [4.78, 5) is 26.6. The molecule has 3 rings (SSSR count). The first-order chi connectivity index (χ1) is 12.0. The Hall–Kier alpha value is -2.89. The topological polar surface area (TPSA) is 72.6 Å². The fraction of sp³-hybridized carbons (Fsp3) is 0.263. The van der Waals surface area contributed by atoms with Crippen LogP contribution in [0.5, 0.6) is 0 Å². The summed E-state index contributed by atoms with van der Waals surface area (Å²) >= 11 is 0. The Bertz CT molecular complexity index is 822. The van der Waals surface area contributed by atoms with E-state index >= 15 is 0 Å². The molecule has 2 N–H and O–H groups in total. The molecule has 25 heavy (non-hydrogen) atoms. The Balaban J connectivity index is 1.74. The number of amides is 1. The molecule has 0 bridgehead atoms. The predicted molar refractivity (Wildman–Crippen MR) is 92.8 cm³/mol. The third kappa shape index (κ3) is 3.47. The largest absolute Gasteiger partial charge is 0.449 e. The van der Waals surface area contributed by atoms with Crippen LogP contribution in [0.1, 0.15) is 29.3 Å². The number of carbonyl (C=O) groups is 2. The van der Waals surface area contributed by atoms with Crippen molar-refractivity contribution in [2.75, 3.05) is 17.2 Å². The molecule has 0 unspecified atom stereocenters. The monoisotopic (exact) mass is 342 g/mol. The molecule has 2 aromatic rings. The number of fused-ring (bicyclic) bond motifs is 1. The van der Waals surface area contributed by atoms with Gasteiger partial charge in [0.1, 0.15) is 5.82 Å². The van der Waals surface area contributed by atoms with E-state index in [0.29, 0.717) is 6.54 Å².